The van der Waals surface area contributed by atoms with Gasteiger partial charge in [-0.25, -0.2) is 9.37 Å². The van der Waals surface area contributed by atoms with E-state index in [1.807, 2.05) is 40.8 Å². The third-order valence-corrected chi connectivity index (χ3v) is 8.68. The summed E-state index contributed by atoms with van der Waals surface area (Å²) in [4.78, 5) is 44.2. The number of benzene rings is 2. The van der Waals surface area contributed by atoms with Crippen LogP contribution in [0.15, 0.2) is 48.8 Å². The van der Waals surface area contributed by atoms with Crippen LogP contribution in [0.1, 0.15) is 47.0 Å². The van der Waals surface area contributed by atoms with Crippen LogP contribution in [0.3, 0.4) is 0 Å². The van der Waals surface area contributed by atoms with Crippen LogP contribution in [-0.2, 0) is 34.2 Å². The minimum atomic E-state index is -0.863. The molecule has 0 aliphatic carbocycles. The Balaban J connectivity index is 1.21. The number of Topliss-reactive ketones (excluding diaryl/α,β-unsaturated/α-hetero) is 1. The minimum Gasteiger partial charge on any atom is -0.481 e. The lowest BCUT2D eigenvalue weighted by Crippen LogP contribution is -2.37. The number of anilines is 2. The van der Waals surface area contributed by atoms with Gasteiger partial charge in [-0.15, -0.1) is 11.3 Å². The van der Waals surface area contributed by atoms with E-state index in [1.165, 1.54) is 17.4 Å². The van der Waals surface area contributed by atoms with Gasteiger partial charge in [0.2, 0.25) is 0 Å². The number of ether oxygens (including phenoxy) is 1. The van der Waals surface area contributed by atoms with Crippen LogP contribution in [0.4, 0.5) is 15.2 Å². The molecule has 1 unspecified atom stereocenters. The normalized spacial score (nSPS) is 15.7. The average molecular weight is 613 g/mol. The number of ketones is 1. The Morgan fingerprint density at radius 2 is 2.07 bits per heavy atom. The second-order valence-electron chi connectivity index (χ2n) is 10.3. The molecule has 2 N–H and O–H groups in total. The number of aromatic nitrogens is 2. The van der Waals surface area contributed by atoms with Crippen molar-refractivity contribution < 1.29 is 28.6 Å². The fraction of sp³-hybridized carbons (Fsp3) is 0.333. The second-order valence-corrected chi connectivity index (χ2v) is 11.8. The zero-order valence-electron chi connectivity index (χ0n) is 23.1. The molecule has 2 aromatic carbocycles. The number of nitrogens with zero attached hydrogens (tertiary/aromatic N) is 3. The molecule has 1 aliphatic heterocycles. The monoisotopic (exact) mass is 612 g/mol. The summed E-state index contributed by atoms with van der Waals surface area (Å²) >= 11 is 7.83. The van der Waals surface area contributed by atoms with E-state index in [-0.39, 0.29) is 41.1 Å². The molecule has 1 aliphatic rings. The number of aliphatic carboxylic acids is 1. The molecule has 3 heterocycles. The maximum absolute atomic E-state index is 15.1. The smallest absolute Gasteiger partial charge is 0.303 e. The molecular weight excluding hydrogens is 583 g/mol. The molecule has 42 heavy (non-hydrogen) atoms. The highest BCUT2D eigenvalue weighted by atomic mass is 35.5. The maximum Gasteiger partial charge on any atom is 0.303 e. The molecule has 1 amide bonds. The first kappa shape index (κ1) is 29.7. The Morgan fingerprint density at radius 3 is 2.86 bits per heavy atom. The third-order valence-electron chi connectivity index (χ3n) is 7.28. The number of para-hydroxylation sites is 1. The number of thiazole rings is 1. The summed E-state index contributed by atoms with van der Waals surface area (Å²) in [6.45, 7) is 2.34. The van der Waals surface area contributed by atoms with Gasteiger partial charge in [-0.3, -0.25) is 14.4 Å². The molecule has 0 bridgehead atoms. The minimum absolute atomic E-state index is 0.0330. The van der Waals surface area contributed by atoms with E-state index in [1.54, 1.807) is 19.3 Å². The van der Waals surface area contributed by atoms with Crippen molar-refractivity contribution >= 4 is 62.3 Å². The topological polar surface area (TPSA) is 114 Å². The number of carbonyl (C=O) groups excluding carboxylic acids is 2. The molecule has 0 radical (unpaired) electrons. The third kappa shape index (κ3) is 6.48. The van der Waals surface area contributed by atoms with Gasteiger partial charge in [-0.1, -0.05) is 29.8 Å². The van der Waals surface area contributed by atoms with Crippen LogP contribution in [-0.4, -0.2) is 51.2 Å². The maximum atomic E-state index is 15.1. The molecule has 1 saturated heterocycles. The van der Waals surface area contributed by atoms with Crippen molar-refractivity contribution in [2.24, 2.45) is 7.05 Å². The van der Waals surface area contributed by atoms with Gasteiger partial charge >= 0.3 is 5.97 Å². The van der Waals surface area contributed by atoms with Gasteiger partial charge in [-0.2, -0.15) is 0 Å². The number of nitrogens with one attached hydrogen (secondary N) is 1. The lowest BCUT2D eigenvalue weighted by atomic mass is 10.0. The van der Waals surface area contributed by atoms with E-state index < -0.39 is 23.8 Å². The summed E-state index contributed by atoms with van der Waals surface area (Å²) in [5.74, 6) is -2.26. The number of amides is 1. The molecule has 0 saturated carbocycles. The van der Waals surface area contributed by atoms with Gasteiger partial charge in [-0.05, 0) is 49.9 Å². The summed E-state index contributed by atoms with van der Waals surface area (Å²) < 4.78 is 23.0. The Morgan fingerprint density at radius 1 is 1.29 bits per heavy atom. The Hall–Kier alpha value is -3.80. The molecule has 1 fully saturated rings. The predicted octanol–water partition coefficient (Wildman–Crippen LogP) is 5.84. The summed E-state index contributed by atoms with van der Waals surface area (Å²) in [6, 6.07) is 9.95. The highest BCUT2D eigenvalue weighted by molar-refractivity contribution is 7.15. The molecule has 4 aromatic rings. The van der Waals surface area contributed by atoms with Gasteiger partial charge in [0.25, 0.3) is 5.91 Å². The van der Waals surface area contributed by atoms with Crippen LogP contribution < -0.4 is 10.2 Å². The molecule has 12 heteroatoms. The lowest BCUT2D eigenvalue weighted by Gasteiger charge is -2.26. The number of hydrogen-bond acceptors (Lipinski definition) is 7. The SMILES string of the molecule is CC(O[C@H]1CCCN1c1ncc(CCC(=O)O)s1)C(=O)Cc1cc(Cl)c(NC(=O)c2cn(C)c3ccccc23)cc1F. The van der Waals surface area contributed by atoms with Crippen molar-refractivity contribution in [1.82, 2.24) is 9.55 Å². The highest BCUT2D eigenvalue weighted by Crippen LogP contribution is 2.32. The molecule has 2 aromatic heterocycles. The zero-order valence-corrected chi connectivity index (χ0v) is 24.7. The number of carbonyl (C=O) groups is 3. The Labute approximate surface area is 250 Å². The van der Waals surface area contributed by atoms with Gasteiger partial charge in [0, 0.05) is 48.2 Å². The van der Waals surface area contributed by atoms with E-state index in [9.17, 15) is 14.4 Å². The lowest BCUT2D eigenvalue weighted by molar-refractivity contribution is -0.137. The Kier molecular flexibility index (Phi) is 8.91. The van der Waals surface area contributed by atoms with E-state index >= 15 is 4.39 Å². The first-order valence-electron chi connectivity index (χ1n) is 13.6. The van der Waals surface area contributed by atoms with Crippen molar-refractivity contribution in [2.75, 3.05) is 16.8 Å². The predicted molar refractivity (Wildman–Crippen MR) is 160 cm³/mol. The van der Waals surface area contributed by atoms with Gasteiger partial charge in [0.15, 0.2) is 10.9 Å². The van der Waals surface area contributed by atoms with Gasteiger partial charge in [0.05, 0.1) is 22.7 Å². The van der Waals surface area contributed by atoms with Crippen LogP contribution in [0, 0.1) is 5.82 Å². The van der Waals surface area contributed by atoms with Crippen LogP contribution in [0.5, 0.6) is 0 Å². The molecule has 9 nitrogen and oxygen atoms in total. The summed E-state index contributed by atoms with van der Waals surface area (Å²) in [5, 5.41) is 13.2. The number of halogens is 2. The summed E-state index contributed by atoms with van der Waals surface area (Å²) in [6.07, 6.45) is 3.96. The molecule has 2 atom stereocenters. The summed E-state index contributed by atoms with van der Waals surface area (Å²) in [5.41, 5.74) is 1.54. The number of hydrogen-bond donors (Lipinski definition) is 2. The van der Waals surface area contributed by atoms with E-state index in [2.05, 4.69) is 10.3 Å². The first-order chi connectivity index (χ1) is 20.1. The number of fused-ring (bicyclic) bond motifs is 1. The highest BCUT2D eigenvalue weighted by Gasteiger charge is 2.31. The van der Waals surface area contributed by atoms with Crippen molar-refractivity contribution in [3.8, 4) is 0 Å². The van der Waals surface area contributed by atoms with Crippen molar-refractivity contribution in [1.29, 1.82) is 0 Å². The van der Waals surface area contributed by atoms with Crippen molar-refractivity contribution in [2.45, 2.75) is 51.4 Å². The number of rotatable bonds is 11. The van der Waals surface area contributed by atoms with Crippen LogP contribution >= 0.6 is 22.9 Å². The molecular formula is C30H30ClFN4O5S. The molecule has 220 valence electrons. The van der Waals surface area contributed by atoms with Gasteiger partial charge in [0.1, 0.15) is 18.1 Å². The van der Waals surface area contributed by atoms with Gasteiger partial charge < -0.3 is 24.6 Å². The number of aryl methyl sites for hydroxylation is 2. The summed E-state index contributed by atoms with van der Waals surface area (Å²) in [7, 11) is 1.84. The zero-order chi connectivity index (χ0) is 30.0. The van der Waals surface area contributed by atoms with E-state index in [0.29, 0.717) is 24.9 Å². The fourth-order valence-corrected chi connectivity index (χ4v) is 6.26. The fourth-order valence-electron chi connectivity index (χ4n) is 5.05. The Bertz CT molecular complexity index is 1650. The number of carboxylic acid groups (broad SMARTS) is 1. The van der Waals surface area contributed by atoms with E-state index in [4.69, 9.17) is 21.4 Å². The standard InChI is InChI=1S/C30H30ClFN4O5S/c1-17(41-27-8-5-11-36(27)30-33-15-19(42-30)9-10-28(38)39)26(37)13-18-12-22(31)24(14-23(18)32)34-29(40)21-16-35(2)25-7-4-3-6-20(21)25/h3-4,6-7,12,14-17,27H,5,8-11,13H2,1-2H3,(H,34,40)(H,38,39)/t17?,27-/m0/s1. The first-order valence-corrected chi connectivity index (χ1v) is 14.7. The molecule has 5 rings (SSSR count). The van der Waals surface area contributed by atoms with Crippen molar-refractivity contribution in [3.05, 3.63) is 75.6 Å². The largest absolute Gasteiger partial charge is 0.481 e. The van der Waals surface area contributed by atoms with Crippen LogP contribution in [0.25, 0.3) is 10.9 Å². The second kappa shape index (κ2) is 12.6. The van der Waals surface area contributed by atoms with E-state index in [0.717, 1.165) is 33.4 Å². The number of carboxylic acids is 1. The van der Waals surface area contributed by atoms with Crippen molar-refractivity contribution in [3.63, 3.8) is 0 Å². The average Bonchev–Trinajstić information content (AvgIpc) is 3.69. The van der Waals surface area contributed by atoms with Crippen LogP contribution in [0.2, 0.25) is 5.02 Å². The molecule has 0 spiro atoms. The quantitative estimate of drug-likeness (QED) is 0.219.